The van der Waals surface area contributed by atoms with E-state index in [1.165, 1.54) is 10.5 Å². The minimum atomic E-state index is -0.791. The zero-order chi connectivity index (χ0) is 16.4. The fourth-order valence-electron chi connectivity index (χ4n) is 3.17. The Morgan fingerprint density at radius 3 is 2.48 bits per heavy atom. The molecule has 3 rings (SSSR count). The van der Waals surface area contributed by atoms with Gasteiger partial charge in [0.1, 0.15) is 0 Å². The second-order valence-electron chi connectivity index (χ2n) is 6.75. The van der Waals surface area contributed by atoms with Gasteiger partial charge in [0, 0.05) is 29.7 Å². The predicted octanol–water partition coefficient (Wildman–Crippen LogP) is 3.63. The highest BCUT2D eigenvalue weighted by Gasteiger charge is 2.44. The molecule has 124 valence electrons. The normalized spacial score (nSPS) is 25.2. The Morgan fingerprint density at radius 1 is 1.26 bits per heavy atom. The van der Waals surface area contributed by atoms with Crippen LogP contribution in [0.25, 0.3) is 0 Å². The summed E-state index contributed by atoms with van der Waals surface area (Å²) in [7, 11) is 0. The zero-order valence-corrected chi connectivity index (χ0v) is 14.9. The van der Waals surface area contributed by atoms with Crippen molar-refractivity contribution in [1.82, 2.24) is 4.90 Å². The van der Waals surface area contributed by atoms with Gasteiger partial charge in [0.15, 0.2) is 0 Å². The Morgan fingerprint density at radius 2 is 1.91 bits per heavy atom. The lowest BCUT2D eigenvalue weighted by atomic mass is 9.97. The summed E-state index contributed by atoms with van der Waals surface area (Å²) in [5, 5.41) is 4.53. The molecular formula is C18H24N2O2S. The summed E-state index contributed by atoms with van der Waals surface area (Å²) >= 11 is 1.93. The molecule has 1 atom stereocenters. The maximum absolute atomic E-state index is 12.7. The van der Waals surface area contributed by atoms with Gasteiger partial charge in [0.05, 0.1) is 5.71 Å². The van der Waals surface area contributed by atoms with Crippen molar-refractivity contribution in [1.29, 1.82) is 0 Å². The molecular weight excluding hydrogens is 308 g/mol. The number of amides is 1. The van der Waals surface area contributed by atoms with Gasteiger partial charge in [-0.25, -0.2) is 0 Å². The molecule has 2 aliphatic rings. The van der Waals surface area contributed by atoms with Gasteiger partial charge in [-0.3, -0.25) is 4.79 Å². The van der Waals surface area contributed by atoms with Crippen LogP contribution in [0, 0.1) is 6.92 Å². The van der Waals surface area contributed by atoms with Gasteiger partial charge < -0.3 is 9.74 Å². The van der Waals surface area contributed by atoms with Crippen LogP contribution in [0.1, 0.15) is 38.7 Å². The van der Waals surface area contributed by atoms with Crippen molar-refractivity contribution in [3.05, 3.63) is 29.8 Å². The minimum Gasteiger partial charge on any atom is -0.379 e. The van der Waals surface area contributed by atoms with Crippen molar-refractivity contribution in [3.8, 4) is 0 Å². The average Bonchev–Trinajstić information content (AvgIpc) is 2.90. The maximum Gasteiger partial charge on any atom is 0.269 e. The Balaban J connectivity index is 1.52. The first-order valence-corrected chi connectivity index (χ1v) is 9.08. The molecule has 1 fully saturated rings. The van der Waals surface area contributed by atoms with E-state index >= 15 is 0 Å². The summed E-state index contributed by atoms with van der Waals surface area (Å²) in [5.41, 5.74) is 1.39. The van der Waals surface area contributed by atoms with Gasteiger partial charge >= 0.3 is 0 Å². The number of aryl methyl sites for hydroxylation is 1. The Hall–Kier alpha value is -1.49. The monoisotopic (exact) mass is 332 g/mol. The van der Waals surface area contributed by atoms with Gasteiger partial charge in [0.25, 0.3) is 5.91 Å². The van der Waals surface area contributed by atoms with Crippen LogP contribution in [0.4, 0.5) is 0 Å². The predicted molar refractivity (Wildman–Crippen MR) is 93.9 cm³/mol. The van der Waals surface area contributed by atoms with E-state index in [-0.39, 0.29) is 5.91 Å². The van der Waals surface area contributed by atoms with E-state index in [0.29, 0.717) is 11.7 Å². The summed E-state index contributed by atoms with van der Waals surface area (Å²) in [5.74, 6) is 0.0804. The fraction of sp³-hybridized carbons (Fsp3) is 0.556. The molecule has 1 saturated heterocycles. The van der Waals surface area contributed by atoms with Crippen LogP contribution in [0.5, 0.6) is 0 Å². The van der Waals surface area contributed by atoms with Crippen LogP contribution in [0.3, 0.4) is 0 Å². The van der Waals surface area contributed by atoms with Crippen molar-refractivity contribution >= 4 is 23.4 Å². The molecule has 0 aliphatic carbocycles. The van der Waals surface area contributed by atoms with E-state index in [1.54, 1.807) is 0 Å². The molecule has 5 heteroatoms. The van der Waals surface area contributed by atoms with Gasteiger partial charge in [-0.05, 0) is 45.7 Å². The van der Waals surface area contributed by atoms with Crippen LogP contribution in [0.15, 0.2) is 34.3 Å². The maximum atomic E-state index is 12.7. The SMILES string of the molecule is CC1=NOC(C)(C(=O)N2CCC(Sc3ccc(C)cc3)CC2)C1. The number of rotatable bonds is 3. The lowest BCUT2D eigenvalue weighted by Crippen LogP contribution is -2.50. The molecule has 1 aromatic carbocycles. The van der Waals surface area contributed by atoms with Gasteiger partial charge in [-0.1, -0.05) is 22.9 Å². The van der Waals surface area contributed by atoms with Crippen molar-refractivity contribution < 1.29 is 9.63 Å². The Kier molecular flexibility index (Phi) is 4.67. The number of benzene rings is 1. The smallest absolute Gasteiger partial charge is 0.269 e. The first-order chi connectivity index (χ1) is 11.0. The number of likely N-dealkylation sites (tertiary alicyclic amines) is 1. The highest BCUT2D eigenvalue weighted by Crippen LogP contribution is 2.32. The molecule has 0 spiro atoms. The number of carbonyl (C=O) groups excluding carboxylic acids is 1. The van der Waals surface area contributed by atoms with Crippen LogP contribution >= 0.6 is 11.8 Å². The van der Waals surface area contributed by atoms with Crippen LogP contribution < -0.4 is 0 Å². The summed E-state index contributed by atoms with van der Waals surface area (Å²) in [6.45, 7) is 7.47. The molecule has 1 aromatic rings. The number of hydrogen-bond donors (Lipinski definition) is 0. The minimum absolute atomic E-state index is 0.0804. The average molecular weight is 332 g/mol. The lowest BCUT2D eigenvalue weighted by molar-refractivity contribution is -0.154. The Bertz CT molecular complexity index is 606. The third kappa shape index (κ3) is 3.71. The summed E-state index contributed by atoms with van der Waals surface area (Å²) in [4.78, 5) is 21.3. The van der Waals surface area contributed by atoms with E-state index in [0.717, 1.165) is 31.6 Å². The summed E-state index contributed by atoms with van der Waals surface area (Å²) in [6, 6.07) is 8.68. The number of nitrogens with zero attached hydrogens (tertiary/aromatic N) is 2. The molecule has 1 amide bonds. The topological polar surface area (TPSA) is 41.9 Å². The number of carbonyl (C=O) groups is 1. The fourth-order valence-corrected chi connectivity index (χ4v) is 4.29. The first kappa shape index (κ1) is 16.4. The van der Waals surface area contributed by atoms with Crippen LogP contribution in [-0.4, -0.2) is 40.5 Å². The number of piperidine rings is 1. The van der Waals surface area contributed by atoms with Crippen LogP contribution in [-0.2, 0) is 9.63 Å². The first-order valence-electron chi connectivity index (χ1n) is 8.21. The molecule has 1 unspecified atom stereocenters. The molecule has 0 N–H and O–H groups in total. The van der Waals surface area contributed by atoms with E-state index in [9.17, 15) is 4.79 Å². The van der Waals surface area contributed by atoms with E-state index < -0.39 is 5.60 Å². The van der Waals surface area contributed by atoms with Gasteiger partial charge in [0.2, 0.25) is 5.60 Å². The number of hydrogen-bond acceptors (Lipinski definition) is 4. The van der Waals surface area contributed by atoms with Crippen molar-refractivity contribution in [2.75, 3.05) is 13.1 Å². The molecule has 4 nitrogen and oxygen atoms in total. The second kappa shape index (κ2) is 6.56. The van der Waals surface area contributed by atoms with Gasteiger partial charge in [-0.2, -0.15) is 0 Å². The highest BCUT2D eigenvalue weighted by atomic mass is 32.2. The quantitative estimate of drug-likeness (QED) is 0.849. The standard InChI is InChI=1S/C18H24N2O2S/c1-13-4-6-15(7-5-13)23-16-8-10-20(11-9-16)17(21)18(3)12-14(2)19-22-18/h4-7,16H,8-12H2,1-3H3. The summed E-state index contributed by atoms with van der Waals surface area (Å²) < 4.78 is 0. The molecule has 23 heavy (non-hydrogen) atoms. The van der Waals surface area contributed by atoms with Gasteiger partial charge in [-0.15, -0.1) is 11.8 Å². The number of oxime groups is 1. The molecule has 0 bridgehead atoms. The van der Waals surface area contributed by atoms with E-state index in [4.69, 9.17) is 4.84 Å². The third-order valence-corrected chi connectivity index (χ3v) is 5.85. The van der Waals surface area contributed by atoms with Crippen LogP contribution in [0.2, 0.25) is 0 Å². The molecule has 2 aliphatic heterocycles. The molecule has 2 heterocycles. The second-order valence-corrected chi connectivity index (χ2v) is 8.12. The highest BCUT2D eigenvalue weighted by molar-refractivity contribution is 8.00. The van der Waals surface area contributed by atoms with E-state index in [2.05, 4.69) is 36.3 Å². The Labute approximate surface area is 142 Å². The third-order valence-electron chi connectivity index (χ3n) is 4.50. The lowest BCUT2D eigenvalue weighted by Gasteiger charge is -2.35. The van der Waals surface area contributed by atoms with E-state index in [1.807, 2.05) is 30.5 Å². The largest absolute Gasteiger partial charge is 0.379 e. The molecule has 0 aromatic heterocycles. The molecule has 0 saturated carbocycles. The van der Waals surface area contributed by atoms with Crippen molar-refractivity contribution in [3.63, 3.8) is 0 Å². The zero-order valence-electron chi connectivity index (χ0n) is 14.0. The summed E-state index contributed by atoms with van der Waals surface area (Å²) in [6.07, 6.45) is 2.66. The van der Waals surface area contributed by atoms with Crippen molar-refractivity contribution in [2.24, 2.45) is 5.16 Å². The molecule has 0 radical (unpaired) electrons. The van der Waals surface area contributed by atoms with Crippen molar-refractivity contribution in [2.45, 2.75) is 55.8 Å². The number of thioether (sulfide) groups is 1.